The van der Waals surface area contributed by atoms with Gasteiger partial charge in [-0.25, -0.2) is 9.97 Å². The maximum atomic E-state index is 13.7. The molecule has 6 rings (SSSR count). The van der Waals surface area contributed by atoms with Gasteiger partial charge in [-0.05, 0) is 50.7 Å². The number of likely N-dealkylation sites (N-methyl/N-ethyl adjacent to an activating group) is 1. The fourth-order valence-corrected chi connectivity index (χ4v) is 5.31. The zero-order chi connectivity index (χ0) is 25.4. The second-order valence-electron chi connectivity index (χ2n) is 9.97. The Bertz CT molecular complexity index is 1470. The van der Waals surface area contributed by atoms with Crippen molar-refractivity contribution >= 4 is 28.5 Å². The zero-order valence-corrected chi connectivity index (χ0v) is 21.3. The van der Waals surface area contributed by atoms with E-state index in [2.05, 4.69) is 57.6 Å². The van der Waals surface area contributed by atoms with Gasteiger partial charge >= 0.3 is 0 Å². The van der Waals surface area contributed by atoms with E-state index in [4.69, 9.17) is 9.97 Å². The largest absolute Gasteiger partial charge is 0.369 e. The lowest BCUT2D eigenvalue weighted by Gasteiger charge is -2.35. The molecule has 190 valence electrons. The summed E-state index contributed by atoms with van der Waals surface area (Å²) in [6.07, 6.45) is 2.58. The minimum absolute atomic E-state index is 0.0216. The van der Waals surface area contributed by atoms with Crippen LogP contribution in [0, 0.1) is 6.92 Å². The number of piperazine rings is 1. The standard InChI is InChI=1S/C28H32N8O/c1-19-16-21(8-9-24(19)35-14-12-34(2)13-15-35)31-28-30-18-23-26(33-28)36(22-10-11-29-17-22)27(37)25(32-23)20-6-4-3-5-7-20/h3-9,16,18,22,29H,10-15,17H2,1-2H3,(H,30,31,33). The maximum Gasteiger partial charge on any atom is 0.279 e. The van der Waals surface area contributed by atoms with Gasteiger partial charge in [0.05, 0.1) is 12.2 Å². The van der Waals surface area contributed by atoms with E-state index >= 15 is 0 Å². The van der Waals surface area contributed by atoms with E-state index in [0.717, 1.165) is 56.9 Å². The minimum atomic E-state index is -0.121. The van der Waals surface area contributed by atoms with Crippen molar-refractivity contribution in [2.24, 2.45) is 0 Å². The summed E-state index contributed by atoms with van der Waals surface area (Å²) in [4.78, 5) is 32.5. The van der Waals surface area contributed by atoms with Crippen molar-refractivity contribution in [3.63, 3.8) is 0 Å². The van der Waals surface area contributed by atoms with Gasteiger partial charge in [-0.2, -0.15) is 4.98 Å². The van der Waals surface area contributed by atoms with Crippen LogP contribution in [0.5, 0.6) is 0 Å². The fraction of sp³-hybridized carbons (Fsp3) is 0.357. The summed E-state index contributed by atoms with van der Waals surface area (Å²) in [5.74, 6) is 0.451. The molecule has 9 nitrogen and oxygen atoms in total. The molecule has 2 fully saturated rings. The average molecular weight is 497 g/mol. The summed E-state index contributed by atoms with van der Waals surface area (Å²) in [7, 11) is 2.17. The summed E-state index contributed by atoms with van der Waals surface area (Å²) >= 11 is 0. The van der Waals surface area contributed by atoms with E-state index in [1.54, 1.807) is 10.8 Å². The molecule has 2 aliphatic heterocycles. The molecule has 9 heteroatoms. The lowest BCUT2D eigenvalue weighted by Crippen LogP contribution is -2.44. The van der Waals surface area contributed by atoms with Gasteiger partial charge in [0, 0.05) is 49.7 Å². The predicted octanol–water partition coefficient (Wildman–Crippen LogP) is 3.19. The number of aromatic nitrogens is 4. The number of hydrogen-bond donors (Lipinski definition) is 2. The van der Waals surface area contributed by atoms with Crippen LogP contribution in [-0.2, 0) is 0 Å². The summed E-state index contributed by atoms with van der Waals surface area (Å²) in [6.45, 7) is 7.95. The SMILES string of the molecule is Cc1cc(Nc2ncc3nc(-c4ccccc4)c(=O)n(C4CCNC4)c3n2)ccc1N1CCN(C)CC1. The summed E-state index contributed by atoms with van der Waals surface area (Å²) in [5, 5.41) is 6.72. The molecule has 1 atom stereocenters. The van der Waals surface area contributed by atoms with Gasteiger partial charge in [-0.3, -0.25) is 9.36 Å². The lowest BCUT2D eigenvalue weighted by molar-refractivity contribution is 0.312. The number of rotatable bonds is 5. The van der Waals surface area contributed by atoms with E-state index in [0.29, 0.717) is 22.8 Å². The Hall–Kier alpha value is -3.82. The molecular weight excluding hydrogens is 464 g/mol. The Morgan fingerprint density at radius 3 is 2.57 bits per heavy atom. The van der Waals surface area contributed by atoms with E-state index < -0.39 is 0 Å². The van der Waals surface area contributed by atoms with Crippen molar-refractivity contribution in [3.05, 3.63) is 70.6 Å². The van der Waals surface area contributed by atoms with Gasteiger partial charge in [0.1, 0.15) is 11.2 Å². The minimum Gasteiger partial charge on any atom is -0.369 e. The second-order valence-corrected chi connectivity index (χ2v) is 9.97. The van der Waals surface area contributed by atoms with E-state index in [1.807, 2.05) is 30.3 Å². The van der Waals surface area contributed by atoms with Gasteiger partial charge in [0.2, 0.25) is 5.95 Å². The molecule has 0 saturated carbocycles. The first kappa shape index (κ1) is 23.6. The van der Waals surface area contributed by atoms with Crippen molar-refractivity contribution in [2.45, 2.75) is 19.4 Å². The van der Waals surface area contributed by atoms with E-state index in [-0.39, 0.29) is 11.6 Å². The molecule has 0 radical (unpaired) electrons. The van der Waals surface area contributed by atoms with Gasteiger partial charge < -0.3 is 20.4 Å². The Balaban J connectivity index is 1.35. The molecule has 2 aromatic heterocycles. The van der Waals surface area contributed by atoms with Crippen LogP contribution >= 0.6 is 0 Å². The molecule has 4 heterocycles. The average Bonchev–Trinajstić information content (AvgIpc) is 3.44. The Morgan fingerprint density at radius 2 is 1.84 bits per heavy atom. The zero-order valence-electron chi connectivity index (χ0n) is 21.3. The summed E-state index contributed by atoms with van der Waals surface area (Å²) < 4.78 is 1.80. The van der Waals surface area contributed by atoms with Crippen LogP contribution < -0.4 is 21.1 Å². The highest BCUT2D eigenvalue weighted by Crippen LogP contribution is 2.27. The van der Waals surface area contributed by atoms with Crippen molar-refractivity contribution in [3.8, 4) is 11.3 Å². The Morgan fingerprint density at radius 1 is 1.03 bits per heavy atom. The number of fused-ring (bicyclic) bond motifs is 1. The quantitative estimate of drug-likeness (QED) is 0.435. The van der Waals surface area contributed by atoms with Gasteiger partial charge in [-0.1, -0.05) is 30.3 Å². The van der Waals surface area contributed by atoms with Crippen LogP contribution in [0.2, 0.25) is 0 Å². The molecule has 2 saturated heterocycles. The first-order valence-electron chi connectivity index (χ1n) is 12.9. The molecule has 1 unspecified atom stereocenters. The second kappa shape index (κ2) is 9.91. The summed E-state index contributed by atoms with van der Waals surface area (Å²) in [6, 6.07) is 16.0. The van der Waals surface area contributed by atoms with Crippen LogP contribution in [0.1, 0.15) is 18.0 Å². The smallest absolute Gasteiger partial charge is 0.279 e. The van der Waals surface area contributed by atoms with E-state index in [9.17, 15) is 4.79 Å². The van der Waals surface area contributed by atoms with Crippen LogP contribution in [0.3, 0.4) is 0 Å². The molecule has 2 N–H and O–H groups in total. The highest BCUT2D eigenvalue weighted by Gasteiger charge is 2.24. The van der Waals surface area contributed by atoms with Gasteiger partial charge in [0.15, 0.2) is 5.65 Å². The van der Waals surface area contributed by atoms with Crippen molar-refractivity contribution < 1.29 is 0 Å². The lowest BCUT2D eigenvalue weighted by atomic mass is 10.1. The molecule has 2 aromatic carbocycles. The third-order valence-electron chi connectivity index (χ3n) is 7.38. The molecule has 0 spiro atoms. The fourth-order valence-electron chi connectivity index (χ4n) is 5.31. The molecule has 37 heavy (non-hydrogen) atoms. The number of nitrogens with one attached hydrogen (secondary N) is 2. The van der Waals surface area contributed by atoms with Crippen molar-refractivity contribution in [1.29, 1.82) is 0 Å². The van der Waals surface area contributed by atoms with E-state index in [1.165, 1.54) is 11.3 Å². The van der Waals surface area contributed by atoms with Crippen LogP contribution in [0.25, 0.3) is 22.4 Å². The number of nitrogens with zero attached hydrogens (tertiary/aromatic N) is 6. The predicted molar refractivity (Wildman–Crippen MR) is 148 cm³/mol. The number of anilines is 3. The number of hydrogen-bond acceptors (Lipinski definition) is 8. The Kier molecular flexibility index (Phi) is 6.31. The third kappa shape index (κ3) is 4.68. The molecule has 4 aromatic rings. The maximum absolute atomic E-state index is 13.7. The number of benzene rings is 2. The first-order valence-corrected chi connectivity index (χ1v) is 12.9. The first-order chi connectivity index (χ1) is 18.1. The summed E-state index contributed by atoms with van der Waals surface area (Å²) in [5.41, 5.74) is 5.66. The third-order valence-corrected chi connectivity index (χ3v) is 7.38. The highest BCUT2D eigenvalue weighted by molar-refractivity contribution is 5.75. The molecule has 2 aliphatic rings. The molecule has 0 amide bonds. The van der Waals surface area contributed by atoms with Gasteiger partial charge in [-0.15, -0.1) is 0 Å². The normalized spacial score (nSPS) is 18.4. The van der Waals surface area contributed by atoms with Crippen LogP contribution in [0.4, 0.5) is 17.3 Å². The topological polar surface area (TPSA) is 91.2 Å². The molecule has 0 bridgehead atoms. The number of aryl methyl sites for hydroxylation is 1. The Labute approximate surface area is 216 Å². The van der Waals surface area contributed by atoms with Crippen molar-refractivity contribution in [1.82, 2.24) is 29.7 Å². The van der Waals surface area contributed by atoms with Crippen molar-refractivity contribution in [2.75, 3.05) is 56.5 Å². The van der Waals surface area contributed by atoms with Crippen LogP contribution in [-0.4, -0.2) is 70.7 Å². The monoisotopic (exact) mass is 496 g/mol. The molecular formula is C28H32N8O. The highest BCUT2D eigenvalue weighted by atomic mass is 16.1. The molecule has 0 aliphatic carbocycles. The van der Waals surface area contributed by atoms with Gasteiger partial charge in [0.25, 0.3) is 5.56 Å². The van der Waals surface area contributed by atoms with Crippen LogP contribution in [0.15, 0.2) is 59.5 Å².